The molecule has 19 heavy (non-hydrogen) atoms. The fraction of sp³-hybridized carbons (Fsp3) is 0.533. The van der Waals surface area contributed by atoms with E-state index in [4.69, 9.17) is 16.7 Å². The molecule has 0 aromatic heterocycles. The number of hydrogen-bond acceptors (Lipinski definition) is 2. The zero-order chi connectivity index (χ0) is 14.0. The van der Waals surface area contributed by atoms with Gasteiger partial charge in [0.25, 0.3) is 0 Å². The number of hydrogen-bond donors (Lipinski definition) is 2. The molecule has 1 aliphatic carbocycles. The average molecular weight is 282 g/mol. The monoisotopic (exact) mass is 281 g/mol. The number of carboxylic acids is 1. The van der Waals surface area contributed by atoms with E-state index in [0.717, 1.165) is 30.4 Å². The van der Waals surface area contributed by atoms with Gasteiger partial charge < -0.3 is 10.4 Å². The Labute approximate surface area is 119 Å². The van der Waals surface area contributed by atoms with Gasteiger partial charge in [-0.15, -0.1) is 0 Å². The van der Waals surface area contributed by atoms with Crippen LogP contribution in [-0.2, 0) is 0 Å². The first-order valence-electron chi connectivity index (χ1n) is 6.76. The summed E-state index contributed by atoms with van der Waals surface area (Å²) in [6.07, 6.45) is 3.54. The normalized spacial score (nSPS) is 27.0. The van der Waals surface area contributed by atoms with Gasteiger partial charge in [-0.05, 0) is 49.3 Å². The van der Waals surface area contributed by atoms with Crippen LogP contribution in [0.2, 0.25) is 5.02 Å². The van der Waals surface area contributed by atoms with Crippen molar-refractivity contribution in [3.63, 3.8) is 0 Å². The third-order valence-electron chi connectivity index (χ3n) is 4.17. The second-order valence-electron chi connectivity index (χ2n) is 5.61. The maximum absolute atomic E-state index is 10.9. The number of carbonyl (C=O) groups is 1. The summed E-state index contributed by atoms with van der Waals surface area (Å²) in [4.78, 5) is 10.9. The van der Waals surface area contributed by atoms with Gasteiger partial charge in [0.2, 0.25) is 0 Å². The molecule has 2 rings (SSSR count). The molecule has 3 unspecified atom stereocenters. The SMILES string of the molecule is CC1CCC(Nc2ccc(C(=O)O)c(Cl)c2)CC1C. The topological polar surface area (TPSA) is 49.3 Å². The summed E-state index contributed by atoms with van der Waals surface area (Å²) in [5.41, 5.74) is 1.06. The molecular formula is C15H20ClNO2. The lowest BCUT2D eigenvalue weighted by Gasteiger charge is -2.33. The Morgan fingerprint density at radius 1 is 1.32 bits per heavy atom. The smallest absolute Gasteiger partial charge is 0.337 e. The van der Waals surface area contributed by atoms with Crippen molar-refractivity contribution >= 4 is 23.3 Å². The lowest BCUT2D eigenvalue weighted by molar-refractivity contribution is 0.0697. The van der Waals surface area contributed by atoms with Gasteiger partial charge in [-0.25, -0.2) is 4.79 Å². The molecular weight excluding hydrogens is 262 g/mol. The highest BCUT2D eigenvalue weighted by molar-refractivity contribution is 6.33. The minimum atomic E-state index is -0.989. The van der Waals surface area contributed by atoms with Crippen LogP contribution in [-0.4, -0.2) is 17.1 Å². The number of nitrogens with one attached hydrogen (secondary N) is 1. The largest absolute Gasteiger partial charge is 0.478 e. The van der Waals surface area contributed by atoms with Crippen molar-refractivity contribution in [3.8, 4) is 0 Å². The first kappa shape index (κ1) is 14.2. The number of aromatic carboxylic acids is 1. The van der Waals surface area contributed by atoms with Gasteiger partial charge in [-0.3, -0.25) is 0 Å². The Bertz CT molecular complexity index is 475. The predicted octanol–water partition coefficient (Wildman–Crippen LogP) is 4.27. The van der Waals surface area contributed by atoms with Crippen molar-refractivity contribution in [1.82, 2.24) is 0 Å². The Hall–Kier alpha value is -1.22. The van der Waals surface area contributed by atoms with E-state index in [1.807, 2.05) is 0 Å². The number of halogens is 1. The third kappa shape index (κ3) is 3.41. The van der Waals surface area contributed by atoms with Gasteiger partial charge in [-0.2, -0.15) is 0 Å². The van der Waals surface area contributed by atoms with E-state index >= 15 is 0 Å². The maximum atomic E-state index is 10.9. The molecule has 1 aliphatic rings. The van der Waals surface area contributed by atoms with Gasteiger partial charge in [0.15, 0.2) is 0 Å². The van der Waals surface area contributed by atoms with Crippen LogP contribution in [0.1, 0.15) is 43.5 Å². The van der Waals surface area contributed by atoms with E-state index in [-0.39, 0.29) is 10.6 Å². The fourth-order valence-electron chi connectivity index (χ4n) is 2.69. The van der Waals surface area contributed by atoms with Gasteiger partial charge in [-0.1, -0.05) is 25.4 Å². The summed E-state index contributed by atoms with van der Waals surface area (Å²) in [7, 11) is 0. The Kier molecular flexibility index (Phi) is 4.35. The van der Waals surface area contributed by atoms with Gasteiger partial charge >= 0.3 is 5.97 Å². The van der Waals surface area contributed by atoms with Gasteiger partial charge in [0.05, 0.1) is 10.6 Å². The minimum Gasteiger partial charge on any atom is -0.478 e. The minimum absolute atomic E-state index is 0.151. The quantitative estimate of drug-likeness (QED) is 0.870. The molecule has 3 nitrogen and oxygen atoms in total. The Morgan fingerprint density at radius 2 is 2.05 bits per heavy atom. The third-order valence-corrected chi connectivity index (χ3v) is 4.48. The molecule has 4 heteroatoms. The van der Waals surface area contributed by atoms with Crippen LogP contribution in [0.15, 0.2) is 18.2 Å². The van der Waals surface area contributed by atoms with E-state index in [1.165, 1.54) is 6.42 Å². The lowest BCUT2D eigenvalue weighted by Crippen LogP contribution is -2.30. The predicted molar refractivity (Wildman–Crippen MR) is 78.0 cm³/mol. The van der Waals surface area contributed by atoms with Crippen molar-refractivity contribution < 1.29 is 9.90 Å². The standard InChI is InChI=1S/C15H20ClNO2/c1-9-3-4-11(7-10(9)2)17-12-5-6-13(15(18)19)14(16)8-12/h5-6,8-11,17H,3-4,7H2,1-2H3,(H,18,19). The second-order valence-corrected chi connectivity index (χ2v) is 6.02. The molecule has 0 saturated heterocycles. The summed E-state index contributed by atoms with van der Waals surface area (Å²) in [6, 6.07) is 5.51. The van der Waals surface area contributed by atoms with Crippen molar-refractivity contribution in [2.24, 2.45) is 11.8 Å². The van der Waals surface area contributed by atoms with E-state index in [9.17, 15) is 4.79 Å². The van der Waals surface area contributed by atoms with Gasteiger partial charge in [0.1, 0.15) is 0 Å². The molecule has 0 amide bonds. The van der Waals surface area contributed by atoms with E-state index in [0.29, 0.717) is 6.04 Å². The van der Waals surface area contributed by atoms with Crippen LogP contribution in [0, 0.1) is 11.8 Å². The fourth-order valence-corrected chi connectivity index (χ4v) is 2.95. The number of carboxylic acid groups (broad SMARTS) is 1. The summed E-state index contributed by atoms with van der Waals surface area (Å²) < 4.78 is 0. The molecule has 1 aromatic rings. The van der Waals surface area contributed by atoms with Crippen molar-refractivity contribution in [2.75, 3.05) is 5.32 Å². The zero-order valence-corrected chi connectivity index (χ0v) is 12.1. The first-order valence-corrected chi connectivity index (χ1v) is 7.14. The highest BCUT2D eigenvalue weighted by Crippen LogP contribution is 2.31. The summed E-state index contributed by atoms with van der Waals surface area (Å²) in [6.45, 7) is 4.60. The maximum Gasteiger partial charge on any atom is 0.337 e. The van der Waals surface area contributed by atoms with Crippen LogP contribution in [0.3, 0.4) is 0 Å². The Balaban J connectivity index is 2.04. The molecule has 2 N–H and O–H groups in total. The van der Waals surface area contributed by atoms with Crippen LogP contribution in [0.25, 0.3) is 0 Å². The van der Waals surface area contributed by atoms with E-state index in [2.05, 4.69) is 19.2 Å². The molecule has 1 fully saturated rings. The molecule has 3 atom stereocenters. The highest BCUT2D eigenvalue weighted by atomic mass is 35.5. The van der Waals surface area contributed by atoms with Crippen LogP contribution in [0.4, 0.5) is 5.69 Å². The second kappa shape index (κ2) is 5.83. The van der Waals surface area contributed by atoms with Crippen LogP contribution < -0.4 is 5.32 Å². The molecule has 0 spiro atoms. The highest BCUT2D eigenvalue weighted by Gasteiger charge is 2.24. The summed E-state index contributed by atoms with van der Waals surface area (Å²) in [5, 5.41) is 12.7. The first-order chi connectivity index (χ1) is 8.97. The van der Waals surface area contributed by atoms with Gasteiger partial charge in [0, 0.05) is 11.7 Å². The molecule has 104 valence electrons. The summed E-state index contributed by atoms with van der Waals surface area (Å²) >= 11 is 5.97. The van der Waals surface area contributed by atoms with Crippen LogP contribution in [0.5, 0.6) is 0 Å². The van der Waals surface area contributed by atoms with E-state index in [1.54, 1.807) is 18.2 Å². The molecule has 1 aromatic carbocycles. The van der Waals surface area contributed by atoms with Crippen LogP contribution >= 0.6 is 11.6 Å². The number of anilines is 1. The molecule has 0 bridgehead atoms. The van der Waals surface area contributed by atoms with Crippen molar-refractivity contribution in [1.29, 1.82) is 0 Å². The molecule has 1 saturated carbocycles. The number of benzene rings is 1. The Morgan fingerprint density at radius 3 is 2.63 bits per heavy atom. The number of rotatable bonds is 3. The molecule has 0 aliphatic heterocycles. The van der Waals surface area contributed by atoms with Crippen molar-refractivity contribution in [2.45, 2.75) is 39.2 Å². The summed E-state index contributed by atoms with van der Waals surface area (Å²) in [5.74, 6) is 0.521. The zero-order valence-electron chi connectivity index (χ0n) is 11.3. The lowest BCUT2D eigenvalue weighted by atomic mass is 9.79. The van der Waals surface area contributed by atoms with E-state index < -0.39 is 5.97 Å². The molecule has 0 radical (unpaired) electrons. The van der Waals surface area contributed by atoms with Crippen molar-refractivity contribution in [3.05, 3.63) is 28.8 Å². The average Bonchev–Trinajstić information content (AvgIpc) is 2.33. The molecule has 0 heterocycles.